The first kappa shape index (κ1) is 21.3. The monoisotopic (exact) mass is 425 g/mol. The Morgan fingerprint density at radius 3 is 2.33 bits per heavy atom. The Morgan fingerprint density at radius 2 is 1.70 bits per heavy atom. The topological polar surface area (TPSA) is 88.6 Å². The van der Waals surface area contributed by atoms with E-state index in [4.69, 9.17) is 4.74 Å². The van der Waals surface area contributed by atoms with Crippen molar-refractivity contribution in [3.63, 3.8) is 0 Å². The van der Waals surface area contributed by atoms with E-state index in [1.54, 1.807) is 42.7 Å². The number of anilines is 2. The molecule has 0 aliphatic rings. The normalized spacial score (nSPS) is 11.0. The van der Waals surface area contributed by atoms with Gasteiger partial charge in [-0.2, -0.15) is 0 Å². The van der Waals surface area contributed by atoms with Crippen LogP contribution in [0.15, 0.2) is 71.9 Å². The van der Waals surface area contributed by atoms with Crippen molar-refractivity contribution >= 4 is 27.3 Å². The van der Waals surface area contributed by atoms with Crippen LogP contribution >= 0.6 is 0 Å². The van der Waals surface area contributed by atoms with Crippen molar-refractivity contribution in [1.82, 2.24) is 4.98 Å². The fourth-order valence-corrected chi connectivity index (χ4v) is 4.41. The number of aryl methyl sites for hydroxylation is 2. The molecule has 3 rings (SSSR count). The highest BCUT2D eigenvalue weighted by molar-refractivity contribution is 7.92. The zero-order valence-corrected chi connectivity index (χ0v) is 17.8. The van der Waals surface area contributed by atoms with Crippen molar-refractivity contribution in [1.29, 1.82) is 0 Å². The van der Waals surface area contributed by atoms with Crippen molar-refractivity contribution in [3.8, 4) is 5.75 Å². The fourth-order valence-electron chi connectivity index (χ4n) is 2.93. The molecule has 0 aliphatic heterocycles. The molecule has 8 heteroatoms. The van der Waals surface area contributed by atoms with Crippen molar-refractivity contribution in [2.45, 2.75) is 18.7 Å². The number of ether oxygens (including phenoxy) is 1. The van der Waals surface area contributed by atoms with E-state index in [-0.39, 0.29) is 11.4 Å². The molecule has 156 valence electrons. The molecule has 0 unspecified atom stereocenters. The highest BCUT2D eigenvalue weighted by Gasteiger charge is 2.28. The summed E-state index contributed by atoms with van der Waals surface area (Å²) in [4.78, 5) is 16.7. The Bertz CT molecular complexity index is 1130. The lowest BCUT2D eigenvalue weighted by Crippen LogP contribution is -2.38. The predicted molar refractivity (Wildman–Crippen MR) is 116 cm³/mol. The number of rotatable bonds is 7. The lowest BCUT2D eigenvalue weighted by molar-refractivity contribution is -0.114. The van der Waals surface area contributed by atoms with Gasteiger partial charge >= 0.3 is 0 Å². The maximum absolute atomic E-state index is 13.5. The second kappa shape index (κ2) is 8.96. The van der Waals surface area contributed by atoms with Crippen LogP contribution in [0.25, 0.3) is 0 Å². The first-order chi connectivity index (χ1) is 14.3. The van der Waals surface area contributed by atoms with E-state index in [0.717, 1.165) is 15.4 Å². The molecule has 1 aromatic heterocycles. The Morgan fingerprint density at radius 1 is 1.03 bits per heavy atom. The maximum atomic E-state index is 13.5. The largest absolute Gasteiger partial charge is 0.497 e. The van der Waals surface area contributed by atoms with Gasteiger partial charge in [0.15, 0.2) is 0 Å². The molecule has 0 bridgehead atoms. The number of nitrogens with zero attached hydrogens (tertiary/aromatic N) is 2. The minimum Gasteiger partial charge on any atom is -0.497 e. The Labute approximate surface area is 176 Å². The van der Waals surface area contributed by atoms with Crippen molar-refractivity contribution in [2.75, 3.05) is 23.3 Å². The average molecular weight is 426 g/mol. The summed E-state index contributed by atoms with van der Waals surface area (Å²) >= 11 is 0. The molecular weight excluding hydrogens is 402 g/mol. The van der Waals surface area contributed by atoms with Gasteiger partial charge in [-0.1, -0.05) is 12.1 Å². The van der Waals surface area contributed by atoms with E-state index in [0.29, 0.717) is 17.1 Å². The SMILES string of the molecule is COc1ccc(S(=O)(=O)N(CC(=O)Nc2ccncc2)c2cc(C)ccc2C)cc1. The summed E-state index contributed by atoms with van der Waals surface area (Å²) in [7, 11) is -2.49. The highest BCUT2D eigenvalue weighted by atomic mass is 32.2. The third-order valence-electron chi connectivity index (χ3n) is 4.53. The highest BCUT2D eigenvalue weighted by Crippen LogP contribution is 2.28. The van der Waals surface area contributed by atoms with Crippen LogP contribution in [-0.2, 0) is 14.8 Å². The van der Waals surface area contributed by atoms with Gasteiger partial charge in [0.25, 0.3) is 10.0 Å². The van der Waals surface area contributed by atoms with E-state index in [9.17, 15) is 13.2 Å². The van der Waals surface area contributed by atoms with E-state index >= 15 is 0 Å². The summed E-state index contributed by atoms with van der Waals surface area (Å²) in [6.07, 6.45) is 3.10. The van der Waals surface area contributed by atoms with Crippen LogP contribution in [-0.4, -0.2) is 33.0 Å². The van der Waals surface area contributed by atoms with Gasteiger partial charge in [-0.15, -0.1) is 0 Å². The molecular formula is C22H23N3O4S. The summed E-state index contributed by atoms with van der Waals surface area (Å²) in [5.41, 5.74) is 2.63. The quantitative estimate of drug-likeness (QED) is 0.625. The lowest BCUT2D eigenvalue weighted by atomic mass is 10.1. The molecule has 0 aliphatic carbocycles. The van der Waals surface area contributed by atoms with Crippen LogP contribution in [0.2, 0.25) is 0 Å². The molecule has 2 aromatic carbocycles. The number of aromatic nitrogens is 1. The van der Waals surface area contributed by atoms with Gasteiger partial charge in [0, 0.05) is 18.1 Å². The molecule has 1 N–H and O–H groups in total. The smallest absolute Gasteiger partial charge is 0.264 e. The molecule has 0 saturated carbocycles. The van der Waals surface area contributed by atoms with Gasteiger partial charge in [0.05, 0.1) is 17.7 Å². The van der Waals surface area contributed by atoms with E-state index < -0.39 is 15.9 Å². The number of sulfonamides is 1. The van der Waals surface area contributed by atoms with Crippen molar-refractivity contribution in [2.24, 2.45) is 0 Å². The Balaban J connectivity index is 2.00. The van der Waals surface area contributed by atoms with E-state index in [2.05, 4.69) is 10.3 Å². The zero-order valence-electron chi connectivity index (χ0n) is 17.0. The van der Waals surface area contributed by atoms with Gasteiger partial charge in [-0.25, -0.2) is 8.42 Å². The minimum atomic E-state index is -4.00. The number of benzene rings is 2. The van der Waals surface area contributed by atoms with Crippen LogP contribution in [0, 0.1) is 13.8 Å². The van der Waals surface area contributed by atoms with E-state index in [1.807, 2.05) is 26.0 Å². The van der Waals surface area contributed by atoms with Crippen LogP contribution in [0.1, 0.15) is 11.1 Å². The fraction of sp³-hybridized carbons (Fsp3) is 0.182. The summed E-state index contributed by atoms with van der Waals surface area (Å²) in [6, 6.07) is 14.8. The Kier molecular flexibility index (Phi) is 6.37. The summed E-state index contributed by atoms with van der Waals surface area (Å²) in [5, 5.41) is 2.71. The third kappa shape index (κ3) is 4.77. The second-order valence-electron chi connectivity index (χ2n) is 6.76. The van der Waals surface area contributed by atoms with Gasteiger partial charge in [-0.3, -0.25) is 14.1 Å². The number of amides is 1. The van der Waals surface area contributed by atoms with Crippen LogP contribution in [0.3, 0.4) is 0 Å². The first-order valence-corrected chi connectivity index (χ1v) is 10.7. The molecule has 30 heavy (non-hydrogen) atoms. The van der Waals surface area contributed by atoms with Gasteiger partial charge < -0.3 is 10.1 Å². The second-order valence-corrected chi connectivity index (χ2v) is 8.62. The number of pyridine rings is 1. The Hall–Kier alpha value is -3.39. The van der Waals surface area contributed by atoms with Gasteiger partial charge in [0.2, 0.25) is 5.91 Å². The number of methoxy groups -OCH3 is 1. The molecule has 0 spiro atoms. The molecule has 1 heterocycles. The van der Waals surface area contributed by atoms with E-state index in [1.165, 1.54) is 19.2 Å². The predicted octanol–water partition coefficient (Wildman–Crippen LogP) is 3.54. The van der Waals surface area contributed by atoms with Gasteiger partial charge in [-0.05, 0) is 67.4 Å². The summed E-state index contributed by atoms with van der Waals surface area (Å²) in [5.74, 6) is 0.0851. The van der Waals surface area contributed by atoms with Crippen molar-refractivity contribution < 1.29 is 17.9 Å². The first-order valence-electron chi connectivity index (χ1n) is 9.25. The maximum Gasteiger partial charge on any atom is 0.264 e. The molecule has 0 fully saturated rings. The summed E-state index contributed by atoms with van der Waals surface area (Å²) in [6.45, 7) is 3.31. The number of nitrogens with one attached hydrogen (secondary N) is 1. The van der Waals surface area contributed by atoms with Crippen LogP contribution < -0.4 is 14.4 Å². The molecule has 0 atom stereocenters. The number of hydrogen-bond donors (Lipinski definition) is 1. The zero-order chi connectivity index (χ0) is 21.7. The van der Waals surface area contributed by atoms with Gasteiger partial charge in [0.1, 0.15) is 12.3 Å². The molecule has 0 saturated heterocycles. The molecule has 0 radical (unpaired) electrons. The molecule has 7 nitrogen and oxygen atoms in total. The van der Waals surface area contributed by atoms with Crippen molar-refractivity contribution in [3.05, 3.63) is 78.1 Å². The summed E-state index contributed by atoms with van der Waals surface area (Å²) < 4.78 is 33.2. The van der Waals surface area contributed by atoms with Crippen LogP contribution in [0.4, 0.5) is 11.4 Å². The van der Waals surface area contributed by atoms with Crippen LogP contribution in [0.5, 0.6) is 5.75 Å². The average Bonchev–Trinajstić information content (AvgIpc) is 2.74. The standard InChI is InChI=1S/C22H23N3O4S/c1-16-4-5-17(2)21(14-16)25(15-22(26)24-18-10-12-23-13-11-18)30(27,28)20-8-6-19(29-3)7-9-20/h4-14H,15H2,1-3H3,(H,23,24,26). The number of carbonyl (C=O) groups excluding carboxylic acids is 1. The lowest BCUT2D eigenvalue weighted by Gasteiger charge is -2.26. The molecule has 3 aromatic rings. The number of carbonyl (C=O) groups is 1. The minimum absolute atomic E-state index is 0.0703. The molecule has 1 amide bonds. The third-order valence-corrected chi connectivity index (χ3v) is 6.31. The number of hydrogen-bond acceptors (Lipinski definition) is 5.